The molecule has 0 spiro atoms. The van der Waals surface area contributed by atoms with Crippen molar-refractivity contribution in [2.24, 2.45) is 0 Å². The van der Waals surface area contributed by atoms with Gasteiger partial charge >= 0.3 is 0 Å². The highest BCUT2D eigenvalue weighted by molar-refractivity contribution is 7.84. The number of anilines is 1. The molecule has 3 aromatic rings. The topological polar surface area (TPSA) is 92.3 Å². The van der Waals surface area contributed by atoms with Crippen LogP contribution in [0.2, 0.25) is 0 Å². The fourth-order valence-electron chi connectivity index (χ4n) is 3.65. The maximum absolute atomic E-state index is 11.5. The van der Waals surface area contributed by atoms with Gasteiger partial charge in [-0.2, -0.15) is 0 Å². The third-order valence-electron chi connectivity index (χ3n) is 5.39. The largest absolute Gasteiger partial charge is 0.507 e. The van der Waals surface area contributed by atoms with Crippen LogP contribution in [0.25, 0.3) is 22.0 Å². The molecule has 1 aliphatic heterocycles. The number of aromatic nitrogens is 2. The summed E-state index contributed by atoms with van der Waals surface area (Å²) in [5.41, 5.74) is 6.91. The molecule has 0 saturated carbocycles. The number of nitrogens with zero attached hydrogens (tertiary/aromatic N) is 3. The Bertz CT molecular complexity index is 1030. The molecule has 1 atom stereocenters. The Labute approximate surface area is 180 Å². The van der Waals surface area contributed by atoms with Crippen LogP contribution in [0.1, 0.15) is 33.1 Å². The molecule has 30 heavy (non-hydrogen) atoms. The van der Waals surface area contributed by atoms with Crippen molar-refractivity contribution in [1.29, 1.82) is 0 Å². The van der Waals surface area contributed by atoms with Crippen molar-refractivity contribution in [2.45, 2.75) is 44.0 Å². The number of fused-ring (bicyclic) bond motifs is 1. The molecule has 1 fully saturated rings. The Morgan fingerprint density at radius 2 is 1.70 bits per heavy atom. The first-order valence-electron chi connectivity index (χ1n) is 10.3. The van der Waals surface area contributed by atoms with Crippen molar-refractivity contribution >= 4 is 27.4 Å². The summed E-state index contributed by atoms with van der Waals surface area (Å²) < 4.78 is 11.5. The number of nitrogen functional groups attached to an aromatic ring is 1. The van der Waals surface area contributed by atoms with Crippen LogP contribution in [0.5, 0.6) is 5.75 Å². The predicted molar refractivity (Wildman–Crippen MR) is 124 cm³/mol. The first-order valence-corrected chi connectivity index (χ1v) is 11.9. The summed E-state index contributed by atoms with van der Waals surface area (Å²) in [6.45, 7) is 7.23. The van der Waals surface area contributed by atoms with Gasteiger partial charge in [-0.05, 0) is 58.0 Å². The van der Waals surface area contributed by atoms with Crippen LogP contribution >= 0.6 is 0 Å². The molecule has 2 aromatic carbocycles. The van der Waals surface area contributed by atoms with Crippen LogP contribution in [0.3, 0.4) is 0 Å². The van der Waals surface area contributed by atoms with Crippen LogP contribution in [0.4, 0.5) is 5.82 Å². The number of aromatic hydroxyl groups is 1. The van der Waals surface area contributed by atoms with E-state index >= 15 is 0 Å². The Morgan fingerprint density at radius 3 is 2.27 bits per heavy atom. The minimum Gasteiger partial charge on any atom is -0.507 e. The fourth-order valence-corrected chi connectivity index (χ4v) is 4.19. The van der Waals surface area contributed by atoms with E-state index < -0.39 is 10.8 Å². The lowest BCUT2D eigenvalue weighted by Gasteiger charge is -2.29. The summed E-state index contributed by atoms with van der Waals surface area (Å²) >= 11 is 0. The lowest BCUT2D eigenvalue weighted by atomic mass is 10.0. The van der Waals surface area contributed by atoms with Gasteiger partial charge in [0.15, 0.2) is 5.82 Å². The van der Waals surface area contributed by atoms with E-state index in [1.165, 1.54) is 38.4 Å². The molecule has 2 heterocycles. The molecule has 1 unspecified atom stereocenters. The third kappa shape index (κ3) is 5.15. The highest BCUT2D eigenvalue weighted by Crippen LogP contribution is 2.34. The van der Waals surface area contributed by atoms with E-state index in [9.17, 15) is 9.32 Å². The second-order valence-corrected chi connectivity index (χ2v) is 9.18. The van der Waals surface area contributed by atoms with Gasteiger partial charge in [-0.1, -0.05) is 30.7 Å². The SMILES string of the molecule is CC(C)N1CCCCC1.CS(=O)c1ccc(-c2nnc(N)c3ccccc23)c(O)c1. The number of rotatable bonds is 3. The lowest BCUT2D eigenvalue weighted by molar-refractivity contribution is 0.185. The maximum Gasteiger partial charge on any atom is 0.154 e. The number of nitrogens with two attached hydrogens (primary N) is 1. The summed E-state index contributed by atoms with van der Waals surface area (Å²) in [7, 11) is -1.15. The Morgan fingerprint density at radius 1 is 1.03 bits per heavy atom. The number of hydrogen-bond donors (Lipinski definition) is 2. The summed E-state index contributed by atoms with van der Waals surface area (Å²) in [5.74, 6) is 0.368. The molecule has 3 N–H and O–H groups in total. The van der Waals surface area contributed by atoms with E-state index in [-0.39, 0.29) is 5.75 Å². The van der Waals surface area contributed by atoms with E-state index in [1.807, 2.05) is 24.3 Å². The number of phenols is 1. The number of phenolic OH excluding ortho intramolecular Hbond substituents is 1. The average Bonchev–Trinajstić information content (AvgIpc) is 2.75. The second kappa shape index (κ2) is 10.00. The zero-order chi connectivity index (χ0) is 21.7. The maximum atomic E-state index is 11.5. The monoisotopic (exact) mass is 426 g/mol. The summed E-state index contributed by atoms with van der Waals surface area (Å²) in [6, 6.07) is 13.1. The zero-order valence-corrected chi connectivity index (χ0v) is 18.7. The quantitative estimate of drug-likeness (QED) is 0.652. The number of piperidine rings is 1. The molecule has 1 saturated heterocycles. The molecule has 4 rings (SSSR count). The van der Waals surface area contributed by atoms with Crippen LogP contribution in [0.15, 0.2) is 47.4 Å². The van der Waals surface area contributed by atoms with E-state index in [4.69, 9.17) is 5.73 Å². The van der Waals surface area contributed by atoms with Crippen LogP contribution in [0, 0.1) is 0 Å². The van der Waals surface area contributed by atoms with E-state index in [1.54, 1.807) is 18.4 Å². The molecule has 6 nitrogen and oxygen atoms in total. The van der Waals surface area contributed by atoms with Crippen molar-refractivity contribution < 1.29 is 9.32 Å². The van der Waals surface area contributed by atoms with Gasteiger partial charge in [-0.15, -0.1) is 10.2 Å². The molecule has 0 amide bonds. The Balaban J connectivity index is 0.000000239. The van der Waals surface area contributed by atoms with Gasteiger partial charge in [0.2, 0.25) is 0 Å². The molecule has 0 aliphatic carbocycles. The van der Waals surface area contributed by atoms with Gasteiger partial charge in [0.05, 0.1) is 0 Å². The molecular weight excluding hydrogens is 396 g/mol. The van der Waals surface area contributed by atoms with Crippen molar-refractivity contribution in [3.8, 4) is 17.0 Å². The number of hydrogen-bond acceptors (Lipinski definition) is 6. The molecule has 160 valence electrons. The van der Waals surface area contributed by atoms with Gasteiger partial charge in [0, 0.05) is 44.3 Å². The minimum absolute atomic E-state index is 0.0203. The smallest absolute Gasteiger partial charge is 0.154 e. The third-order valence-corrected chi connectivity index (χ3v) is 6.31. The Kier molecular flexibility index (Phi) is 7.39. The Hall–Kier alpha value is -2.51. The van der Waals surface area contributed by atoms with Crippen LogP contribution in [-0.4, -0.2) is 49.8 Å². The molecule has 1 aliphatic rings. The lowest BCUT2D eigenvalue weighted by Crippen LogP contribution is -2.35. The molecule has 0 radical (unpaired) electrons. The normalized spacial score (nSPS) is 15.6. The van der Waals surface area contributed by atoms with E-state index in [0.29, 0.717) is 22.0 Å². The highest BCUT2D eigenvalue weighted by atomic mass is 32.2. The van der Waals surface area contributed by atoms with Crippen molar-refractivity contribution in [1.82, 2.24) is 15.1 Å². The fraction of sp³-hybridized carbons (Fsp3) is 0.391. The molecule has 0 bridgehead atoms. The predicted octanol–water partition coefficient (Wildman–Crippen LogP) is 4.20. The van der Waals surface area contributed by atoms with Crippen molar-refractivity contribution in [2.75, 3.05) is 25.1 Å². The van der Waals surface area contributed by atoms with Gasteiger partial charge in [-0.3, -0.25) is 4.21 Å². The van der Waals surface area contributed by atoms with Crippen molar-refractivity contribution in [3.63, 3.8) is 0 Å². The molecule has 1 aromatic heterocycles. The second-order valence-electron chi connectivity index (χ2n) is 7.80. The first kappa shape index (κ1) is 22.2. The number of likely N-dealkylation sites (tertiary alicyclic amines) is 1. The average molecular weight is 427 g/mol. The van der Waals surface area contributed by atoms with Gasteiger partial charge < -0.3 is 15.7 Å². The number of benzene rings is 2. The first-order chi connectivity index (χ1) is 14.4. The van der Waals surface area contributed by atoms with Crippen LogP contribution < -0.4 is 5.73 Å². The minimum atomic E-state index is -1.15. The molecule has 7 heteroatoms. The highest BCUT2D eigenvalue weighted by Gasteiger charge is 2.14. The van der Waals surface area contributed by atoms with Crippen molar-refractivity contribution in [3.05, 3.63) is 42.5 Å². The molecular formula is C23H30N4O2S. The van der Waals surface area contributed by atoms with Gasteiger partial charge in [0.25, 0.3) is 0 Å². The zero-order valence-electron chi connectivity index (χ0n) is 17.8. The van der Waals surface area contributed by atoms with E-state index in [0.717, 1.165) is 16.8 Å². The summed E-state index contributed by atoms with van der Waals surface area (Å²) in [6.07, 6.45) is 5.84. The summed E-state index contributed by atoms with van der Waals surface area (Å²) in [4.78, 5) is 3.12. The summed E-state index contributed by atoms with van der Waals surface area (Å²) in [5, 5.41) is 19.8. The van der Waals surface area contributed by atoms with Crippen LogP contribution in [-0.2, 0) is 10.8 Å². The standard InChI is InChI=1S/C15H13N3O2S.C8H17N/c1-21(20)9-6-7-12(13(19)8-9)14-10-4-2-3-5-11(10)15(16)18-17-14;1-8(2)9-6-4-3-5-7-9/h2-8,19H,1H3,(H2,16,18);8H,3-7H2,1-2H3. The van der Waals surface area contributed by atoms with Gasteiger partial charge in [0.1, 0.15) is 11.4 Å². The van der Waals surface area contributed by atoms with E-state index in [2.05, 4.69) is 28.9 Å². The van der Waals surface area contributed by atoms with Gasteiger partial charge in [-0.25, -0.2) is 0 Å².